The van der Waals surface area contributed by atoms with E-state index in [1.807, 2.05) is 18.2 Å². The number of rotatable bonds is 4. The topological polar surface area (TPSA) is 26.3 Å². The van der Waals surface area contributed by atoms with Gasteiger partial charge in [-0.3, -0.25) is 4.79 Å². The molecule has 0 saturated heterocycles. The van der Waals surface area contributed by atoms with Crippen LogP contribution < -0.4 is 4.74 Å². The number of ketones is 1. The molecule has 1 aromatic carbocycles. The smallest absolute Gasteiger partial charge is 0.163 e. The standard InChI is InChI=1S/C15H16O2/c1-2-3-4-10-17-13-8-9-14-12(11-13)6-5-7-15(14)16/h1,8-9,11H,3-7,10H2. The van der Waals surface area contributed by atoms with Crippen LogP contribution in [0.4, 0.5) is 0 Å². The van der Waals surface area contributed by atoms with Crippen LogP contribution >= 0.6 is 0 Å². The highest BCUT2D eigenvalue weighted by atomic mass is 16.5. The summed E-state index contributed by atoms with van der Waals surface area (Å²) in [6.45, 7) is 0.636. The second-order valence-corrected chi connectivity index (χ2v) is 4.25. The molecule has 2 nitrogen and oxygen atoms in total. The van der Waals surface area contributed by atoms with Crippen LogP contribution in [0.25, 0.3) is 0 Å². The largest absolute Gasteiger partial charge is 0.494 e. The second kappa shape index (κ2) is 5.54. The quantitative estimate of drug-likeness (QED) is 0.585. The molecule has 1 aliphatic rings. The molecule has 0 saturated carbocycles. The summed E-state index contributed by atoms with van der Waals surface area (Å²) < 4.78 is 5.60. The predicted molar refractivity (Wildman–Crippen MR) is 67.3 cm³/mol. The van der Waals surface area contributed by atoms with Gasteiger partial charge >= 0.3 is 0 Å². The van der Waals surface area contributed by atoms with Gasteiger partial charge < -0.3 is 4.74 Å². The third-order valence-corrected chi connectivity index (χ3v) is 2.96. The Labute approximate surface area is 102 Å². The van der Waals surface area contributed by atoms with Crippen LogP contribution in [0.2, 0.25) is 0 Å². The lowest BCUT2D eigenvalue weighted by atomic mass is 9.90. The van der Waals surface area contributed by atoms with Crippen LogP contribution in [0.5, 0.6) is 5.75 Å². The predicted octanol–water partition coefficient (Wildman–Crippen LogP) is 3.00. The fourth-order valence-electron chi connectivity index (χ4n) is 2.08. The molecule has 0 aromatic heterocycles. The van der Waals surface area contributed by atoms with Crippen molar-refractivity contribution in [2.75, 3.05) is 6.61 Å². The van der Waals surface area contributed by atoms with Crippen molar-refractivity contribution in [3.8, 4) is 18.1 Å². The molecule has 17 heavy (non-hydrogen) atoms. The van der Waals surface area contributed by atoms with E-state index in [1.165, 1.54) is 0 Å². The lowest BCUT2D eigenvalue weighted by Gasteiger charge is -2.15. The van der Waals surface area contributed by atoms with Crippen molar-refractivity contribution in [3.63, 3.8) is 0 Å². The number of Topliss-reactive ketones (excluding diaryl/α,β-unsaturated/α-hetero) is 1. The van der Waals surface area contributed by atoms with E-state index in [2.05, 4.69) is 5.92 Å². The van der Waals surface area contributed by atoms with Crippen LogP contribution in [0.3, 0.4) is 0 Å². The molecule has 88 valence electrons. The van der Waals surface area contributed by atoms with Crippen molar-refractivity contribution in [1.82, 2.24) is 0 Å². The first-order valence-electron chi connectivity index (χ1n) is 6.03. The minimum absolute atomic E-state index is 0.255. The molecular formula is C15H16O2. The molecule has 0 aliphatic heterocycles. The summed E-state index contributed by atoms with van der Waals surface area (Å²) >= 11 is 0. The monoisotopic (exact) mass is 228 g/mol. The van der Waals surface area contributed by atoms with E-state index in [-0.39, 0.29) is 5.78 Å². The first-order chi connectivity index (χ1) is 8.31. The number of ether oxygens (including phenoxy) is 1. The maximum absolute atomic E-state index is 11.6. The van der Waals surface area contributed by atoms with Crippen LogP contribution in [0.15, 0.2) is 18.2 Å². The molecule has 1 aliphatic carbocycles. The average Bonchev–Trinajstić information content (AvgIpc) is 2.35. The summed E-state index contributed by atoms with van der Waals surface area (Å²) in [6, 6.07) is 5.74. The van der Waals surface area contributed by atoms with Gasteiger partial charge in [-0.15, -0.1) is 12.3 Å². The third-order valence-electron chi connectivity index (χ3n) is 2.96. The van der Waals surface area contributed by atoms with E-state index >= 15 is 0 Å². The van der Waals surface area contributed by atoms with Crippen LogP contribution in [0.1, 0.15) is 41.6 Å². The highest BCUT2D eigenvalue weighted by Crippen LogP contribution is 2.25. The molecule has 0 heterocycles. The minimum atomic E-state index is 0.255. The van der Waals surface area contributed by atoms with E-state index in [1.54, 1.807) is 0 Å². The van der Waals surface area contributed by atoms with Crippen LogP contribution in [-0.2, 0) is 6.42 Å². The number of benzene rings is 1. The number of hydrogen-bond donors (Lipinski definition) is 0. The Morgan fingerprint density at radius 1 is 1.35 bits per heavy atom. The molecular weight excluding hydrogens is 212 g/mol. The van der Waals surface area contributed by atoms with Crippen LogP contribution in [0, 0.1) is 12.3 Å². The van der Waals surface area contributed by atoms with Gasteiger partial charge in [0.2, 0.25) is 0 Å². The molecule has 0 bridgehead atoms. The number of fused-ring (bicyclic) bond motifs is 1. The third kappa shape index (κ3) is 2.88. The van der Waals surface area contributed by atoms with Gasteiger partial charge in [-0.25, -0.2) is 0 Å². The number of hydrogen-bond acceptors (Lipinski definition) is 2. The van der Waals surface area contributed by atoms with Crippen molar-refractivity contribution >= 4 is 5.78 Å². The molecule has 0 unspecified atom stereocenters. The maximum Gasteiger partial charge on any atom is 0.163 e. The maximum atomic E-state index is 11.6. The summed E-state index contributed by atoms with van der Waals surface area (Å²) in [5, 5.41) is 0. The van der Waals surface area contributed by atoms with Gasteiger partial charge in [-0.2, -0.15) is 0 Å². The Morgan fingerprint density at radius 3 is 3.06 bits per heavy atom. The number of terminal acetylenes is 1. The minimum Gasteiger partial charge on any atom is -0.494 e. The Bertz CT molecular complexity index is 454. The lowest BCUT2D eigenvalue weighted by Crippen LogP contribution is -2.10. The zero-order valence-electron chi connectivity index (χ0n) is 9.87. The highest BCUT2D eigenvalue weighted by Gasteiger charge is 2.17. The normalized spacial score (nSPS) is 13.9. The van der Waals surface area contributed by atoms with Gasteiger partial charge in [0, 0.05) is 18.4 Å². The average molecular weight is 228 g/mol. The Hall–Kier alpha value is -1.75. The molecule has 0 amide bonds. The summed E-state index contributed by atoms with van der Waals surface area (Å²) in [5.41, 5.74) is 1.99. The van der Waals surface area contributed by atoms with Gasteiger partial charge in [0.05, 0.1) is 6.61 Å². The zero-order chi connectivity index (χ0) is 12.1. The second-order valence-electron chi connectivity index (χ2n) is 4.25. The first-order valence-corrected chi connectivity index (χ1v) is 6.03. The number of carbonyl (C=O) groups excluding carboxylic acids is 1. The van der Waals surface area contributed by atoms with E-state index in [0.717, 1.165) is 42.6 Å². The highest BCUT2D eigenvalue weighted by molar-refractivity contribution is 5.98. The number of unbranched alkanes of at least 4 members (excludes halogenated alkanes) is 1. The molecule has 2 rings (SSSR count). The molecule has 0 spiro atoms. The van der Waals surface area contributed by atoms with Crippen molar-refractivity contribution < 1.29 is 9.53 Å². The van der Waals surface area contributed by atoms with Crippen molar-refractivity contribution in [2.24, 2.45) is 0 Å². The van der Waals surface area contributed by atoms with Crippen molar-refractivity contribution in [3.05, 3.63) is 29.3 Å². The summed E-state index contributed by atoms with van der Waals surface area (Å²) in [7, 11) is 0. The van der Waals surface area contributed by atoms with Crippen molar-refractivity contribution in [2.45, 2.75) is 32.1 Å². The van der Waals surface area contributed by atoms with E-state index in [9.17, 15) is 4.79 Å². The summed E-state index contributed by atoms with van der Waals surface area (Å²) in [6.07, 6.45) is 9.38. The molecule has 1 aromatic rings. The summed E-state index contributed by atoms with van der Waals surface area (Å²) in [4.78, 5) is 11.6. The van der Waals surface area contributed by atoms with Gasteiger partial charge in [-0.1, -0.05) is 0 Å². The molecule has 0 atom stereocenters. The Kier molecular flexibility index (Phi) is 3.82. The summed E-state index contributed by atoms with van der Waals surface area (Å²) in [5.74, 6) is 3.68. The SMILES string of the molecule is C#CCCCOc1ccc2c(c1)CCCC2=O. The molecule has 2 heteroatoms. The fraction of sp³-hybridized carbons (Fsp3) is 0.400. The van der Waals surface area contributed by atoms with Gasteiger partial charge in [-0.05, 0) is 43.0 Å². The van der Waals surface area contributed by atoms with Gasteiger partial charge in [0.15, 0.2) is 5.78 Å². The lowest BCUT2D eigenvalue weighted by molar-refractivity contribution is 0.0972. The van der Waals surface area contributed by atoms with E-state index < -0.39 is 0 Å². The van der Waals surface area contributed by atoms with E-state index in [4.69, 9.17) is 11.2 Å². The molecule has 0 radical (unpaired) electrons. The van der Waals surface area contributed by atoms with Gasteiger partial charge in [0.25, 0.3) is 0 Å². The van der Waals surface area contributed by atoms with Gasteiger partial charge in [0.1, 0.15) is 5.75 Å². The molecule has 0 N–H and O–H groups in total. The number of carbonyl (C=O) groups is 1. The Morgan fingerprint density at radius 2 is 2.24 bits per heavy atom. The zero-order valence-corrected chi connectivity index (χ0v) is 9.87. The van der Waals surface area contributed by atoms with Crippen LogP contribution in [-0.4, -0.2) is 12.4 Å². The van der Waals surface area contributed by atoms with E-state index in [0.29, 0.717) is 13.0 Å². The van der Waals surface area contributed by atoms with Crippen molar-refractivity contribution in [1.29, 1.82) is 0 Å². The number of aryl methyl sites for hydroxylation is 1. The molecule has 0 fully saturated rings. The fourth-order valence-corrected chi connectivity index (χ4v) is 2.08. The first kappa shape index (κ1) is 11.7. The Balaban J connectivity index is 2.01.